The Morgan fingerprint density at radius 1 is 1.27 bits per heavy atom. The van der Waals surface area contributed by atoms with Crippen LogP contribution in [0.3, 0.4) is 0 Å². The number of hydrogen-bond acceptors (Lipinski definition) is 4. The van der Waals surface area contributed by atoms with Crippen LogP contribution >= 0.6 is 11.3 Å². The molecule has 1 aliphatic heterocycles. The quantitative estimate of drug-likeness (QED) is 0.676. The standard InChI is InChI=1S/C20H19FN2O2S/c21-15-8-9-17-18(12-15)26-20(22-17)23(13-16-7-4-10-25-16)19(24)11-14-5-2-1-3-6-14/h1-3,5-6,8-9,12,16H,4,7,10-11,13H2. The van der Waals surface area contributed by atoms with Gasteiger partial charge in [-0.3, -0.25) is 9.69 Å². The van der Waals surface area contributed by atoms with E-state index in [9.17, 15) is 9.18 Å². The van der Waals surface area contributed by atoms with Gasteiger partial charge >= 0.3 is 0 Å². The SMILES string of the molecule is O=C(Cc1ccccc1)N(CC1CCCO1)c1nc2ccc(F)cc2s1. The van der Waals surface area contributed by atoms with Gasteiger partial charge in [0.05, 0.1) is 29.3 Å². The number of rotatable bonds is 5. The lowest BCUT2D eigenvalue weighted by Crippen LogP contribution is -2.38. The zero-order chi connectivity index (χ0) is 17.9. The Bertz CT molecular complexity index is 907. The third-order valence-corrected chi connectivity index (χ3v) is 5.52. The van der Waals surface area contributed by atoms with Gasteiger partial charge in [-0.05, 0) is 36.6 Å². The van der Waals surface area contributed by atoms with Crippen LogP contribution in [0.2, 0.25) is 0 Å². The number of anilines is 1. The molecule has 0 spiro atoms. The maximum absolute atomic E-state index is 13.5. The predicted molar refractivity (Wildman–Crippen MR) is 101 cm³/mol. The topological polar surface area (TPSA) is 42.4 Å². The first kappa shape index (κ1) is 17.1. The van der Waals surface area contributed by atoms with Gasteiger partial charge in [-0.2, -0.15) is 0 Å². The lowest BCUT2D eigenvalue weighted by molar-refractivity contribution is -0.118. The third kappa shape index (κ3) is 3.76. The number of carbonyl (C=O) groups excluding carboxylic acids is 1. The summed E-state index contributed by atoms with van der Waals surface area (Å²) in [4.78, 5) is 19.3. The predicted octanol–water partition coefficient (Wildman–Crippen LogP) is 4.19. The van der Waals surface area contributed by atoms with Crippen LogP contribution in [0.5, 0.6) is 0 Å². The number of benzene rings is 2. The molecule has 134 valence electrons. The van der Waals surface area contributed by atoms with Gasteiger partial charge in [0, 0.05) is 6.61 Å². The maximum Gasteiger partial charge on any atom is 0.233 e. The van der Waals surface area contributed by atoms with Crippen LogP contribution in [0.1, 0.15) is 18.4 Å². The van der Waals surface area contributed by atoms with E-state index in [-0.39, 0.29) is 17.8 Å². The molecule has 4 rings (SSSR count). The van der Waals surface area contributed by atoms with Crippen LogP contribution in [0.25, 0.3) is 10.2 Å². The summed E-state index contributed by atoms with van der Waals surface area (Å²) in [5, 5.41) is 0.599. The highest BCUT2D eigenvalue weighted by Crippen LogP contribution is 2.30. The Hall–Kier alpha value is -2.31. The van der Waals surface area contributed by atoms with Crippen LogP contribution < -0.4 is 4.90 Å². The molecule has 1 aromatic heterocycles. The maximum atomic E-state index is 13.5. The zero-order valence-corrected chi connectivity index (χ0v) is 15.0. The molecular weight excluding hydrogens is 351 g/mol. The van der Waals surface area contributed by atoms with E-state index >= 15 is 0 Å². The summed E-state index contributed by atoms with van der Waals surface area (Å²) in [5.74, 6) is -0.319. The fraction of sp³-hybridized carbons (Fsp3) is 0.300. The van der Waals surface area contributed by atoms with Crippen molar-refractivity contribution in [1.82, 2.24) is 4.98 Å². The van der Waals surface area contributed by atoms with Crippen molar-refractivity contribution >= 4 is 32.6 Å². The molecule has 26 heavy (non-hydrogen) atoms. The van der Waals surface area contributed by atoms with Crippen molar-refractivity contribution < 1.29 is 13.9 Å². The lowest BCUT2D eigenvalue weighted by atomic mass is 10.1. The molecule has 1 unspecified atom stereocenters. The normalized spacial score (nSPS) is 16.9. The van der Waals surface area contributed by atoms with Gasteiger partial charge in [0.25, 0.3) is 0 Å². The number of amides is 1. The Labute approximate surface area is 155 Å². The molecule has 0 aliphatic carbocycles. The van der Waals surface area contributed by atoms with Gasteiger partial charge in [-0.1, -0.05) is 41.7 Å². The van der Waals surface area contributed by atoms with Crippen LogP contribution in [-0.4, -0.2) is 30.1 Å². The van der Waals surface area contributed by atoms with E-state index in [0.717, 1.165) is 29.7 Å². The van der Waals surface area contributed by atoms with Crippen molar-refractivity contribution in [3.8, 4) is 0 Å². The van der Waals surface area contributed by atoms with Gasteiger partial charge in [-0.25, -0.2) is 9.37 Å². The van der Waals surface area contributed by atoms with Crippen molar-refractivity contribution in [2.45, 2.75) is 25.4 Å². The fourth-order valence-corrected chi connectivity index (χ4v) is 4.16. The van der Waals surface area contributed by atoms with Gasteiger partial charge in [0.1, 0.15) is 5.82 Å². The first-order valence-corrected chi connectivity index (χ1v) is 9.53. The number of ether oxygens (including phenoxy) is 1. The van der Waals surface area contributed by atoms with E-state index in [1.807, 2.05) is 30.3 Å². The molecule has 1 atom stereocenters. The van der Waals surface area contributed by atoms with Gasteiger partial charge in [0.15, 0.2) is 5.13 Å². The van der Waals surface area contributed by atoms with E-state index in [4.69, 9.17) is 4.74 Å². The first-order chi connectivity index (χ1) is 12.7. The van der Waals surface area contributed by atoms with E-state index in [2.05, 4.69) is 4.98 Å². The Balaban J connectivity index is 1.63. The fourth-order valence-electron chi connectivity index (χ4n) is 3.15. The van der Waals surface area contributed by atoms with Crippen LogP contribution in [-0.2, 0) is 16.0 Å². The van der Waals surface area contributed by atoms with Crippen LogP contribution in [0.15, 0.2) is 48.5 Å². The molecule has 0 saturated carbocycles. The second kappa shape index (κ2) is 7.51. The summed E-state index contributed by atoms with van der Waals surface area (Å²) < 4.78 is 20.0. The lowest BCUT2D eigenvalue weighted by Gasteiger charge is -2.23. The van der Waals surface area contributed by atoms with Crippen molar-refractivity contribution in [3.05, 3.63) is 59.9 Å². The number of thiazole rings is 1. The van der Waals surface area contributed by atoms with Gasteiger partial charge in [0.2, 0.25) is 5.91 Å². The van der Waals surface area contributed by atoms with Crippen molar-refractivity contribution in [1.29, 1.82) is 0 Å². The van der Waals surface area contributed by atoms with E-state index < -0.39 is 0 Å². The molecule has 0 N–H and O–H groups in total. The molecule has 1 fully saturated rings. The summed E-state index contributed by atoms with van der Waals surface area (Å²) in [6.45, 7) is 1.21. The number of aromatic nitrogens is 1. The zero-order valence-electron chi connectivity index (χ0n) is 14.2. The molecular formula is C20H19FN2O2S. The van der Waals surface area contributed by atoms with Gasteiger partial charge in [-0.15, -0.1) is 0 Å². The number of fused-ring (bicyclic) bond motifs is 1. The minimum Gasteiger partial charge on any atom is -0.376 e. The first-order valence-electron chi connectivity index (χ1n) is 8.71. The molecule has 0 radical (unpaired) electrons. The minimum atomic E-state index is -0.297. The largest absolute Gasteiger partial charge is 0.376 e. The second-order valence-electron chi connectivity index (χ2n) is 6.41. The highest BCUT2D eigenvalue weighted by atomic mass is 32.1. The highest BCUT2D eigenvalue weighted by molar-refractivity contribution is 7.22. The third-order valence-electron chi connectivity index (χ3n) is 4.48. The molecule has 1 saturated heterocycles. The molecule has 0 bridgehead atoms. The summed E-state index contributed by atoms with van der Waals surface area (Å²) in [6.07, 6.45) is 2.28. The van der Waals surface area contributed by atoms with Crippen molar-refractivity contribution in [2.24, 2.45) is 0 Å². The summed E-state index contributed by atoms with van der Waals surface area (Å²) >= 11 is 1.34. The number of nitrogens with zero attached hydrogens (tertiary/aromatic N) is 2. The average Bonchev–Trinajstić information content (AvgIpc) is 3.29. The smallest absolute Gasteiger partial charge is 0.233 e. The molecule has 4 nitrogen and oxygen atoms in total. The molecule has 2 aromatic carbocycles. The van der Waals surface area contributed by atoms with Crippen molar-refractivity contribution in [3.63, 3.8) is 0 Å². The highest BCUT2D eigenvalue weighted by Gasteiger charge is 2.26. The van der Waals surface area contributed by atoms with E-state index in [1.165, 1.54) is 23.5 Å². The summed E-state index contributed by atoms with van der Waals surface area (Å²) in [6, 6.07) is 14.2. The number of halogens is 1. The molecule has 6 heteroatoms. The van der Waals surface area contributed by atoms with E-state index in [1.54, 1.807) is 11.0 Å². The van der Waals surface area contributed by atoms with Crippen LogP contribution in [0.4, 0.5) is 9.52 Å². The minimum absolute atomic E-state index is 0.0220. The van der Waals surface area contributed by atoms with E-state index in [0.29, 0.717) is 23.6 Å². The Morgan fingerprint density at radius 3 is 2.88 bits per heavy atom. The molecule has 1 aliphatic rings. The number of hydrogen-bond donors (Lipinski definition) is 0. The Morgan fingerprint density at radius 2 is 2.12 bits per heavy atom. The molecule has 2 heterocycles. The molecule has 1 amide bonds. The van der Waals surface area contributed by atoms with Crippen LogP contribution in [0, 0.1) is 5.82 Å². The summed E-state index contributed by atoms with van der Waals surface area (Å²) in [7, 11) is 0. The Kier molecular flexibility index (Phi) is 4.95. The average molecular weight is 370 g/mol. The monoisotopic (exact) mass is 370 g/mol. The molecule has 3 aromatic rings. The van der Waals surface area contributed by atoms with Gasteiger partial charge < -0.3 is 4.74 Å². The summed E-state index contributed by atoms with van der Waals surface area (Å²) in [5.41, 5.74) is 1.67. The van der Waals surface area contributed by atoms with Crippen molar-refractivity contribution in [2.75, 3.05) is 18.1 Å². The number of carbonyl (C=O) groups is 1. The second-order valence-corrected chi connectivity index (χ2v) is 7.42.